The maximum absolute atomic E-state index is 14.4. The lowest BCUT2D eigenvalue weighted by Gasteiger charge is -2.44. The van der Waals surface area contributed by atoms with E-state index in [0.29, 0.717) is 22.4 Å². The van der Waals surface area contributed by atoms with E-state index in [1.165, 1.54) is 0 Å². The fourth-order valence-electron chi connectivity index (χ4n) is 6.40. The number of likely N-dealkylation sites (N-methyl/N-ethyl adjacent to an activating group) is 1. The van der Waals surface area contributed by atoms with Crippen molar-refractivity contribution >= 4 is 28.2 Å². The number of benzene rings is 3. The predicted octanol–water partition coefficient (Wildman–Crippen LogP) is 3.10. The molecule has 1 fully saturated rings. The van der Waals surface area contributed by atoms with Crippen LogP contribution in [-0.4, -0.2) is 30.2 Å². The third kappa shape index (κ3) is 1.56. The van der Waals surface area contributed by atoms with Crippen molar-refractivity contribution in [2.45, 2.75) is 11.0 Å². The van der Waals surface area contributed by atoms with Gasteiger partial charge in [-0.15, -0.1) is 0 Å². The van der Waals surface area contributed by atoms with Crippen molar-refractivity contribution in [3.05, 3.63) is 77.4 Å². The van der Waals surface area contributed by atoms with E-state index in [4.69, 9.17) is 0 Å². The molecule has 2 atom stereocenters. The van der Waals surface area contributed by atoms with Gasteiger partial charge in [0.2, 0.25) is 0 Å². The van der Waals surface area contributed by atoms with Crippen LogP contribution in [0.1, 0.15) is 21.5 Å². The molecule has 0 aromatic heterocycles. The number of carbonyl (C=O) groups is 2. The highest BCUT2D eigenvalue weighted by atomic mass is 16.2. The zero-order chi connectivity index (χ0) is 21.6. The summed E-state index contributed by atoms with van der Waals surface area (Å²) in [5, 5.41) is 25.3. The topological polar surface area (TPSA) is 97.0 Å². The van der Waals surface area contributed by atoms with Gasteiger partial charge in [-0.25, -0.2) is 0 Å². The van der Waals surface area contributed by atoms with Gasteiger partial charge in [0.15, 0.2) is 11.2 Å². The Hall–Kier alpha value is -4.00. The first kappa shape index (κ1) is 17.8. The molecule has 1 aliphatic carbocycles. The van der Waals surface area contributed by atoms with E-state index < -0.39 is 16.4 Å². The average molecular weight is 404 g/mol. The van der Waals surface area contributed by atoms with Crippen LogP contribution in [0.5, 0.6) is 0 Å². The number of hydrogen-bond donors (Lipinski definition) is 1. The van der Waals surface area contributed by atoms with Crippen LogP contribution < -0.4 is 5.32 Å². The van der Waals surface area contributed by atoms with Crippen molar-refractivity contribution in [2.24, 2.45) is 5.41 Å². The molecule has 1 N–H and O–H groups in total. The fraction of sp³-hybridized carbons (Fsp3) is 0.200. The molecule has 2 heterocycles. The molecular weight excluding hydrogens is 388 g/mol. The van der Waals surface area contributed by atoms with Crippen molar-refractivity contribution in [1.82, 2.24) is 4.90 Å². The molecule has 6 heteroatoms. The molecule has 3 aromatic carbocycles. The monoisotopic (exact) mass is 404 g/mol. The van der Waals surface area contributed by atoms with Crippen LogP contribution in [0.4, 0.5) is 5.69 Å². The summed E-state index contributed by atoms with van der Waals surface area (Å²) in [7, 11) is 1.72. The molecule has 1 saturated heterocycles. The first-order valence-corrected chi connectivity index (χ1v) is 10.0. The second-order valence-corrected chi connectivity index (χ2v) is 8.48. The highest BCUT2D eigenvalue weighted by Crippen LogP contribution is 2.68. The number of nitriles is 2. The van der Waals surface area contributed by atoms with E-state index in [-0.39, 0.29) is 18.2 Å². The van der Waals surface area contributed by atoms with Crippen LogP contribution >= 0.6 is 0 Å². The summed E-state index contributed by atoms with van der Waals surface area (Å²) in [4.78, 5) is 30.0. The maximum atomic E-state index is 14.4. The minimum Gasteiger partial charge on any atom is -0.324 e. The van der Waals surface area contributed by atoms with Gasteiger partial charge in [0.1, 0.15) is 11.0 Å². The van der Waals surface area contributed by atoms with Gasteiger partial charge < -0.3 is 5.32 Å². The van der Waals surface area contributed by atoms with Crippen molar-refractivity contribution in [2.75, 3.05) is 18.9 Å². The zero-order valence-electron chi connectivity index (χ0n) is 16.6. The van der Waals surface area contributed by atoms with Gasteiger partial charge in [-0.05, 0) is 29.4 Å². The first-order valence-electron chi connectivity index (χ1n) is 10.0. The summed E-state index contributed by atoms with van der Waals surface area (Å²) >= 11 is 0. The Labute approximate surface area is 178 Å². The lowest BCUT2D eigenvalue weighted by molar-refractivity contribution is -0.127. The highest BCUT2D eigenvalue weighted by Gasteiger charge is 2.82. The number of anilines is 1. The zero-order valence-corrected chi connectivity index (χ0v) is 16.6. The minimum absolute atomic E-state index is 0.0299. The molecule has 6 rings (SSSR count). The van der Waals surface area contributed by atoms with Gasteiger partial charge in [0.25, 0.3) is 5.91 Å². The molecule has 0 bridgehead atoms. The third-order valence-corrected chi connectivity index (χ3v) is 7.40. The summed E-state index contributed by atoms with van der Waals surface area (Å²) in [6.07, 6.45) is 0. The molecule has 0 saturated carbocycles. The fourth-order valence-corrected chi connectivity index (χ4v) is 6.40. The number of likely N-dealkylation sites (tertiary alicyclic amines) is 1. The molecule has 148 valence electrons. The molecular formula is C25H16N4O2. The van der Waals surface area contributed by atoms with Crippen molar-refractivity contribution in [3.8, 4) is 12.1 Å². The van der Waals surface area contributed by atoms with E-state index >= 15 is 0 Å². The Bertz CT molecular complexity index is 1430. The molecule has 2 aliphatic heterocycles. The molecule has 31 heavy (non-hydrogen) atoms. The van der Waals surface area contributed by atoms with Crippen LogP contribution in [0.2, 0.25) is 0 Å². The first-order chi connectivity index (χ1) is 15.0. The maximum Gasteiger partial charge on any atom is 0.251 e. The van der Waals surface area contributed by atoms with Crippen LogP contribution in [0.15, 0.2) is 60.7 Å². The highest BCUT2D eigenvalue weighted by molar-refractivity contribution is 6.26. The Morgan fingerprint density at radius 1 is 0.935 bits per heavy atom. The van der Waals surface area contributed by atoms with E-state index in [1.807, 2.05) is 36.4 Å². The summed E-state index contributed by atoms with van der Waals surface area (Å²) in [5.41, 5.74) is -2.72. The largest absolute Gasteiger partial charge is 0.324 e. The SMILES string of the molecule is CN1CC(C#N)(C#N)[C@]2(C(=O)c3cccc4cccc2c34)[C@]12C(=O)Nc1ccccc12. The number of Topliss-reactive ketones (excluding diaryl/α,β-unsaturated/α-hetero) is 1. The summed E-state index contributed by atoms with van der Waals surface area (Å²) in [6, 6.07) is 22.6. The van der Waals surface area contributed by atoms with Gasteiger partial charge in [0, 0.05) is 23.4 Å². The van der Waals surface area contributed by atoms with Gasteiger partial charge in [-0.2, -0.15) is 10.5 Å². The van der Waals surface area contributed by atoms with Gasteiger partial charge in [-0.3, -0.25) is 14.5 Å². The number of fused-ring (bicyclic) bond motifs is 4. The number of nitrogens with one attached hydrogen (secondary N) is 1. The number of amides is 1. The van der Waals surface area contributed by atoms with Gasteiger partial charge >= 0.3 is 0 Å². The molecule has 0 radical (unpaired) electrons. The van der Waals surface area contributed by atoms with Gasteiger partial charge in [-0.1, -0.05) is 54.6 Å². The van der Waals surface area contributed by atoms with E-state index in [9.17, 15) is 20.1 Å². The Kier molecular flexibility index (Phi) is 3.09. The van der Waals surface area contributed by atoms with Crippen molar-refractivity contribution < 1.29 is 9.59 Å². The number of nitrogens with zero attached hydrogens (tertiary/aromatic N) is 3. The third-order valence-electron chi connectivity index (χ3n) is 7.40. The Morgan fingerprint density at radius 3 is 2.35 bits per heavy atom. The number of rotatable bonds is 0. The van der Waals surface area contributed by atoms with E-state index in [0.717, 1.165) is 10.8 Å². The second-order valence-electron chi connectivity index (χ2n) is 8.48. The number of ketones is 1. The molecule has 2 spiro atoms. The quantitative estimate of drug-likeness (QED) is 0.621. The van der Waals surface area contributed by atoms with Crippen LogP contribution in [-0.2, 0) is 15.7 Å². The summed E-state index contributed by atoms with van der Waals surface area (Å²) < 4.78 is 0. The lowest BCUT2D eigenvalue weighted by Crippen LogP contribution is -2.62. The smallest absolute Gasteiger partial charge is 0.251 e. The van der Waals surface area contributed by atoms with Crippen molar-refractivity contribution in [3.63, 3.8) is 0 Å². The van der Waals surface area contributed by atoms with E-state index in [2.05, 4.69) is 17.5 Å². The minimum atomic E-state index is -1.75. The Balaban J connectivity index is 1.88. The standard InChI is InChI=1S/C25H16N4O2/c1-29-14-23(12-26,13-27)24(25(29)17-9-2-3-11-19(17)28-22(25)31)18-10-5-7-15-6-4-8-16(20(15)18)21(24)30/h2-11H,14H2,1H3,(H,28,31)/t24-,25-/m0/s1. The predicted molar refractivity (Wildman–Crippen MR) is 113 cm³/mol. The summed E-state index contributed by atoms with van der Waals surface area (Å²) in [5.74, 6) is -0.736. The average Bonchev–Trinajstić information content (AvgIpc) is 3.33. The summed E-state index contributed by atoms with van der Waals surface area (Å²) in [6.45, 7) is -0.0299. The van der Waals surface area contributed by atoms with Crippen LogP contribution in [0.25, 0.3) is 10.8 Å². The second kappa shape index (κ2) is 5.37. The molecule has 6 nitrogen and oxygen atoms in total. The van der Waals surface area contributed by atoms with E-state index in [1.54, 1.807) is 36.2 Å². The lowest BCUT2D eigenvalue weighted by atomic mass is 9.53. The number of carbonyl (C=O) groups excluding carboxylic acids is 2. The number of hydrogen-bond acceptors (Lipinski definition) is 5. The molecule has 3 aromatic rings. The van der Waals surface area contributed by atoms with Crippen LogP contribution in [0.3, 0.4) is 0 Å². The van der Waals surface area contributed by atoms with Crippen molar-refractivity contribution in [1.29, 1.82) is 10.5 Å². The Morgan fingerprint density at radius 2 is 1.61 bits per heavy atom. The normalized spacial score (nSPS) is 27.5. The molecule has 1 amide bonds. The molecule has 0 unspecified atom stereocenters. The molecule has 3 aliphatic rings. The number of para-hydroxylation sites is 1. The van der Waals surface area contributed by atoms with Gasteiger partial charge in [0.05, 0.1) is 12.1 Å². The van der Waals surface area contributed by atoms with Crippen LogP contribution in [0, 0.1) is 28.1 Å².